The number of amides is 1. The van der Waals surface area contributed by atoms with Crippen molar-refractivity contribution in [3.63, 3.8) is 0 Å². The number of carbonyl (C=O) groups excluding carboxylic acids is 1. The van der Waals surface area contributed by atoms with Crippen molar-refractivity contribution in [2.24, 2.45) is 5.92 Å². The van der Waals surface area contributed by atoms with E-state index in [1.54, 1.807) is 6.33 Å². The first-order valence-corrected chi connectivity index (χ1v) is 9.37. The summed E-state index contributed by atoms with van der Waals surface area (Å²) in [6.07, 6.45) is 3.82. The molecule has 1 aromatic heterocycles. The van der Waals surface area contributed by atoms with Crippen molar-refractivity contribution in [3.05, 3.63) is 53.6 Å². The van der Waals surface area contributed by atoms with Gasteiger partial charge in [-0.15, -0.1) is 0 Å². The minimum Gasteiger partial charge on any atom is -0.445 e. The van der Waals surface area contributed by atoms with Gasteiger partial charge in [0.1, 0.15) is 6.61 Å². The third-order valence-electron chi connectivity index (χ3n) is 5.54. The summed E-state index contributed by atoms with van der Waals surface area (Å²) in [5.74, 6) is 0.511. The molecule has 3 aliphatic rings. The largest absolute Gasteiger partial charge is 0.445 e. The van der Waals surface area contributed by atoms with Gasteiger partial charge in [-0.1, -0.05) is 30.3 Å². The van der Waals surface area contributed by atoms with Crippen molar-refractivity contribution < 1.29 is 9.53 Å². The van der Waals surface area contributed by atoms with Crippen LogP contribution in [0.1, 0.15) is 29.8 Å². The molecule has 0 saturated carbocycles. The fraction of sp³-hybridized carbons (Fsp3) is 0.500. The van der Waals surface area contributed by atoms with E-state index in [0.29, 0.717) is 12.5 Å². The average Bonchev–Trinajstić information content (AvgIpc) is 2.87. The highest BCUT2D eigenvalue weighted by Crippen LogP contribution is 2.29. The summed E-state index contributed by atoms with van der Waals surface area (Å²) >= 11 is 0. The molecule has 3 aliphatic heterocycles. The first-order valence-electron chi connectivity index (χ1n) is 9.37. The summed E-state index contributed by atoms with van der Waals surface area (Å²) in [4.78, 5) is 24.6. The molecule has 3 fully saturated rings. The van der Waals surface area contributed by atoms with Gasteiger partial charge in [0.25, 0.3) is 0 Å². The molecular weight excluding hydrogens is 328 g/mol. The van der Waals surface area contributed by atoms with Crippen molar-refractivity contribution in [1.29, 1.82) is 0 Å². The second-order valence-corrected chi connectivity index (χ2v) is 7.46. The maximum atomic E-state index is 12.7. The summed E-state index contributed by atoms with van der Waals surface area (Å²) in [5.41, 5.74) is 3.25. The number of rotatable bonds is 4. The zero-order valence-corrected chi connectivity index (χ0v) is 15.2. The van der Waals surface area contributed by atoms with E-state index < -0.39 is 0 Å². The van der Waals surface area contributed by atoms with Crippen LogP contribution in [0.4, 0.5) is 4.79 Å². The van der Waals surface area contributed by atoms with Crippen LogP contribution in [0.3, 0.4) is 0 Å². The predicted molar refractivity (Wildman–Crippen MR) is 98.4 cm³/mol. The fourth-order valence-corrected chi connectivity index (χ4v) is 4.09. The van der Waals surface area contributed by atoms with Gasteiger partial charge in [0, 0.05) is 37.9 Å². The van der Waals surface area contributed by atoms with E-state index in [9.17, 15) is 4.79 Å². The molecule has 5 rings (SSSR count). The van der Waals surface area contributed by atoms with Gasteiger partial charge in [0.05, 0.1) is 12.0 Å². The molecular formula is C20H26N4O2. The molecule has 0 aliphatic carbocycles. The molecule has 3 saturated heterocycles. The van der Waals surface area contributed by atoms with Crippen molar-refractivity contribution in [3.8, 4) is 0 Å². The second-order valence-electron chi connectivity index (χ2n) is 7.46. The fourth-order valence-electron chi connectivity index (χ4n) is 4.09. The summed E-state index contributed by atoms with van der Waals surface area (Å²) in [7, 11) is 0. The van der Waals surface area contributed by atoms with E-state index >= 15 is 0 Å². The molecule has 1 aromatic carbocycles. The van der Waals surface area contributed by atoms with Gasteiger partial charge in [-0.05, 0) is 31.2 Å². The Morgan fingerprint density at radius 1 is 1.23 bits per heavy atom. The minimum absolute atomic E-state index is 0.179. The van der Waals surface area contributed by atoms with Crippen LogP contribution in [0.5, 0.6) is 0 Å². The van der Waals surface area contributed by atoms with Gasteiger partial charge in [0.15, 0.2) is 0 Å². The molecule has 1 N–H and O–H groups in total. The zero-order chi connectivity index (χ0) is 17.9. The van der Waals surface area contributed by atoms with E-state index in [2.05, 4.69) is 21.8 Å². The van der Waals surface area contributed by atoms with Gasteiger partial charge in [-0.3, -0.25) is 4.90 Å². The number of H-pyrrole nitrogens is 1. The van der Waals surface area contributed by atoms with Gasteiger partial charge in [-0.2, -0.15) is 0 Å². The lowest BCUT2D eigenvalue weighted by molar-refractivity contribution is 0.0631. The van der Waals surface area contributed by atoms with Crippen LogP contribution in [0.25, 0.3) is 0 Å². The summed E-state index contributed by atoms with van der Waals surface area (Å²) in [5, 5.41) is 0. The lowest BCUT2D eigenvalue weighted by Gasteiger charge is -2.35. The Morgan fingerprint density at radius 3 is 2.85 bits per heavy atom. The van der Waals surface area contributed by atoms with Crippen molar-refractivity contribution in [2.45, 2.75) is 39.0 Å². The SMILES string of the molecule is Cc1[nH]cnc1CN1C[C@H]2CC[C@@H](C1)N(C(=O)OCc1ccccc1)C2. The van der Waals surface area contributed by atoms with E-state index in [0.717, 1.165) is 49.6 Å². The van der Waals surface area contributed by atoms with Crippen molar-refractivity contribution in [1.82, 2.24) is 19.8 Å². The number of hydrogen-bond acceptors (Lipinski definition) is 4. The maximum absolute atomic E-state index is 12.7. The highest BCUT2D eigenvalue weighted by atomic mass is 16.6. The molecule has 0 unspecified atom stereocenters. The Bertz CT molecular complexity index is 745. The molecule has 0 spiro atoms. The molecule has 6 heteroatoms. The molecule has 6 nitrogen and oxygen atoms in total. The molecule has 138 valence electrons. The highest BCUT2D eigenvalue weighted by molar-refractivity contribution is 5.68. The molecule has 2 bridgehead atoms. The third-order valence-corrected chi connectivity index (χ3v) is 5.54. The third kappa shape index (κ3) is 3.75. The van der Waals surface area contributed by atoms with E-state index in [-0.39, 0.29) is 12.1 Å². The van der Waals surface area contributed by atoms with Crippen molar-refractivity contribution in [2.75, 3.05) is 19.6 Å². The minimum atomic E-state index is -0.179. The standard InChI is InChI=1S/C20H26N4O2/c1-15-19(22-14-21-15)12-23-9-17-7-8-18(11-23)24(10-17)20(25)26-13-16-5-3-2-4-6-16/h2-6,14,17-18H,7-13H2,1H3,(H,21,22)/t17-,18+/m1/s1. The first-order chi connectivity index (χ1) is 12.7. The smallest absolute Gasteiger partial charge is 0.410 e. The molecule has 2 aromatic rings. The number of benzene rings is 1. The van der Waals surface area contributed by atoms with Crippen LogP contribution >= 0.6 is 0 Å². The van der Waals surface area contributed by atoms with E-state index in [1.807, 2.05) is 35.2 Å². The zero-order valence-electron chi connectivity index (χ0n) is 15.2. The van der Waals surface area contributed by atoms with Gasteiger partial charge in [-0.25, -0.2) is 9.78 Å². The van der Waals surface area contributed by atoms with Gasteiger partial charge >= 0.3 is 6.09 Å². The van der Waals surface area contributed by atoms with Crippen LogP contribution in [0.15, 0.2) is 36.7 Å². The Balaban J connectivity index is 1.38. The average molecular weight is 354 g/mol. The van der Waals surface area contributed by atoms with Gasteiger partial charge in [0.2, 0.25) is 0 Å². The van der Waals surface area contributed by atoms with Crippen LogP contribution in [0.2, 0.25) is 0 Å². The Hall–Kier alpha value is -2.34. The summed E-state index contributed by atoms with van der Waals surface area (Å²) < 4.78 is 5.59. The Kier molecular flexibility index (Phi) is 4.93. The first kappa shape index (κ1) is 17.1. The molecule has 2 atom stereocenters. The molecule has 1 amide bonds. The van der Waals surface area contributed by atoms with Crippen LogP contribution < -0.4 is 0 Å². The quantitative estimate of drug-likeness (QED) is 0.917. The number of aromatic nitrogens is 2. The molecule has 0 radical (unpaired) electrons. The van der Waals surface area contributed by atoms with Gasteiger partial charge < -0.3 is 14.6 Å². The predicted octanol–water partition coefficient (Wildman–Crippen LogP) is 2.95. The number of nitrogens with one attached hydrogen (secondary N) is 1. The Morgan fingerprint density at radius 2 is 2.08 bits per heavy atom. The van der Waals surface area contributed by atoms with Crippen LogP contribution in [-0.2, 0) is 17.9 Å². The lowest BCUT2D eigenvalue weighted by Crippen LogP contribution is -2.47. The number of piperidine rings is 1. The number of nitrogens with zero attached hydrogens (tertiary/aromatic N) is 3. The summed E-state index contributed by atoms with van der Waals surface area (Å²) in [6.45, 7) is 5.95. The Labute approximate surface area is 154 Å². The number of aryl methyl sites for hydroxylation is 1. The van der Waals surface area contributed by atoms with E-state index in [4.69, 9.17) is 4.74 Å². The van der Waals surface area contributed by atoms with Crippen LogP contribution in [0, 0.1) is 12.8 Å². The number of aromatic amines is 1. The molecule has 26 heavy (non-hydrogen) atoms. The lowest BCUT2D eigenvalue weighted by atomic mass is 9.95. The number of hydrogen-bond donors (Lipinski definition) is 1. The highest BCUT2D eigenvalue weighted by Gasteiger charge is 2.38. The van der Waals surface area contributed by atoms with E-state index in [1.165, 1.54) is 6.42 Å². The normalized spacial score (nSPS) is 23.0. The maximum Gasteiger partial charge on any atom is 0.410 e. The number of carbonyl (C=O) groups is 1. The molecule has 4 heterocycles. The number of imidazole rings is 1. The monoisotopic (exact) mass is 354 g/mol. The second kappa shape index (κ2) is 7.50. The summed E-state index contributed by atoms with van der Waals surface area (Å²) in [6, 6.07) is 10.1. The van der Waals surface area contributed by atoms with Crippen molar-refractivity contribution >= 4 is 6.09 Å². The van der Waals surface area contributed by atoms with Crippen LogP contribution in [-0.4, -0.2) is 51.5 Å². The topological polar surface area (TPSA) is 61.5 Å². The number of fused-ring (bicyclic) bond motifs is 4. The number of ether oxygens (including phenoxy) is 1.